The number of ether oxygens (including phenoxy) is 1. The molecule has 1 aromatic heterocycles. The second-order valence-corrected chi connectivity index (χ2v) is 5.97. The second-order valence-electron chi connectivity index (χ2n) is 5.18. The summed E-state index contributed by atoms with van der Waals surface area (Å²) in [4.78, 5) is 14.1. The number of hydrogen-bond donors (Lipinski definition) is 0. The smallest absolute Gasteiger partial charge is 0.284 e. The van der Waals surface area contributed by atoms with E-state index in [0.29, 0.717) is 13.1 Å². The quantitative estimate of drug-likeness (QED) is 0.763. The normalized spacial score (nSPS) is 11.0. The van der Waals surface area contributed by atoms with E-state index in [0.717, 1.165) is 12.1 Å². The predicted octanol–water partition coefficient (Wildman–Crippen LogP) is 2.42. The first kappa shape index (κ1) is 17.6. The zero-order valence-corrected chi connectivity index (χ0v) is 14.3. The highest BCUT2D eigenvalue weighted by Gasteiger charge is 2.12. The SMILES string of the molecule is CN(C)CCn1ncc(OCc2ccc(F)cc2F)c(Br)c1=O. The van der Waals surface area contributed by atoms with E-state index in [-0.39, 0.29) is 28.0 Å². The Labute approximate surface area is 140 Å². The Morgan fingerprint density at radius 2 is 2.09 bits per heavy atom. The molecule has 0 spiro atoms. The largest absolute Gasteiger partial charge is 0.486 e. The molecule has 0 aliphatic rings. The highest BCUT2D eigenvalue weighted by molar-refractivity contribution is 9.10. The number of aromatic nitrogens is 2. The van der Waals surface area contributed by atoms with Gasteiger partial charge in [-0.15, -0.1) is 0 Å². The van der Waals surface area contributed by atoms with Gasteiger partial charge >= 0.3 is 0 Å². The fourth-order valence-corrected chi connectivity index (χ4v) is 2.22. The summed E-state index contributed by atoms with van der Waals surface area (Å²) in [5.74, 6) is -1.15. The van der Waals surface area contributed by atoms with Gasteiger partial charge in [-0.2, -0.15) is 5.10 Å². The molecule has 0 amide bonds. The van der Waals surface area contributed by atoms with Crippen LogP contribution < -0.4 is 10.3 Å². The molecule has 5 nitrogen and oxygen atoms in total. The molecule has 2 aromatic rings. The van der Waals surface area contributed by atoms with Crippen molar-refractivity contribution in [1.82, 2.24) is 14.7 Å². The average molecular weight is 388 g/mol. The molecule has 0 unspecified atom stereocenters. The number of rotatable bonds is 6. The van der Waals surface area contributed by atoms with Gasteiger partial charge in [-0.1, -0.05) is 0 Å². The molecule has 0 saturated heterocycles. The van der Waals surface area contributed by atoms with Gasteiger partial charge in [0.2, 0.25) is 0 Å². The summed E-state index contributed by atoms with van der Waals surface area (Å²) in [5.41, 5.74) is -0.140. The van der Waals surface area contributed by atoms with Crippen molar-refractivity contribution in [3.63, 3.8) is 0 Å². The molecule has 2 rings (SSSR count). The number of nitrogens with zero attached hydrogens (tertiary/aromatic N) is 3. The first-order valence-corrected chi connectivity index (χ1v) is 7.65. The van der Waals surface area contributed by atoms with Gasteiger partial charge in [0.05, 0.1) is 12.7 Å². The highest BCUT2D eigenvalue weighted by Crippen LogP contribution is 2.21. The zero-order chi connectivity index (χ0) is 17.0. The fraction of sp³-hybridized carbons (Fsp3) is 0.333. The maximum Gasteiger partial charge on any atom is 0.284 e. The Morgan fingerprint density at radius 1 is 1.35 bits per heavy atom. The number of halogens is 3. The van der Waals surface area contributed by atoms with Gasteiger partial charge in [0, 0.05) is 18.2 Å². The Kier molecular flexibility index (Phi) is 5.84. The maximum atomic E-state index is 13.6. The van der Waals surface area contributed by atoms with E-state index in [4.69, 9.17) is 4.74 Å². The Morgan fingerprint density at radius 3 is 2.74 bits per heavy atom. The van der Waals surface area contributed by atoms with Gasteiger partial charge in [-0.05, 0) is 42.2 Å². The van der Waals surface area contributed by atoms with Gasteiger partial charge in [0.15, 0.2) is 5.75 Å². The van der Waals surface area contributed by atoms with Crippen molar-refractivity contribution in [2.45, 2.75) is 13.2 Å². The van der Waals surface area contributed by atoms with Crippen LogP contribution in [0.2, 0.25) is 0 Å². The van der Waals surface area contributed by atoms with Crippen LogP contribution in [0.5, 0.6) is 5.75 Å². The molecule has 0 radical (unpaired) electrons. The van der Waals surface area contributed by atoms with Gasteiger partial charge in [-0.3, -0.25) is 4.79 Å². The van der Waals surface area contributed by atoms with Crippen LogP contribution in [0.4, 0.5) is 8.78 Å². The lowest BCUT2D eigenvalue weighted by Crippen LogP contribution is -2.29. The van der Waals surface area contributed by atoms with Crippen molar-refractivity contribution in [1.29, 1.82) is 0 Å². The van der Waals surface area contributed by atoms with Crippen molar-refractivity contribution < 1.29 is 13.5 Å². The molecule has 0 fully saturated rings. The molecule has 124 valence electrons. The minimum Gasteiger partial charge on any atom is -0.486 e. The molecule has 1 heterocycles. The van der Waals surface area contributed by atoms with Gasteiger partial charge < -0.3 is 9.64 Å². The fourth-order valence-electron chi connectivity index (χ4n) is 1.80. The van der Waals surface area contributed by atoms with E-state index in [9.17, 15) is 13.6 Å². The first-order chi connectivity index (χ1) is 10.9. The molecule has 0 bridgehead atoms. The monoisotopic (exact) mass is 387 g/mol. The van der Waals surface area contributed by atoms with Crippen molar-refractivity contribution in [3.8, 4) is 5.75 Å². The van der Waals surface area contributed by atoms with E-state index in [1.165, 1.54) is 16.9 Å². The Hall–Kier alpha value is -1.80. The van der Waals surface area contributed by atoms with E-state index in [1.54, 1.807) is 0 Å². The molecule has 0 atom stereocenters. The van der Waals surface area contributed by atoms with Crippen molar-refractivity contribution in [3.05, 3.63) is 56.4 Å². The predicted molar refractivity (Wildman–Crippen MR) is 85.4 cm³/mol. The van der Waals surface area contributed by atoms with Crippen LogP contribution in [0, 0.1) is 11.6 Å². The van der Waals surface area contributed by atoms with E-state index >= 15 is 0 Å². The van der Waals surface area contributed by atoms with Crippen molar-refractivity contribution in [2.75, 3.05) is 20.6 Å². The standard InChI is InChI=1S/C15H16BrF2N3O2/c1-20(2)5-6-21-15(22)14(16)13(8-19-21)23-9-10-3-4-11(17)7-12(10)18/h3-4,7-8H,5-6,9H2,1-2H3. The third-order valence-electron chi connectivity index (χ3n) is 3.11. The lowest BCUT2D eigenvalue weighted by Gasteiger charge is -2.12. The van der Waals surface area contributed by atoms with Crippen LogP contribution in [-0.4, -0.2) is 35.3 Å². The molecule has 1 aromatic carbocycles. The van der Waals surface area contributed by atoms with Gasteiger partial charge in [-0.25, -0.2) is 13.5 Å². The number of hydrogen-bond acceptors (Lipinski definition) is 4. The summed E-state index contributed by atoms with van der Waals surface area (Å²) in [5, 5.41) is 4.03. The van der Waals surface area contributed by atoms with Crippen LogP contribution in [0.25, 0.3) is 0 Å². The van der Waals surface area contributed by atoms with E-state index < -0.39 is 11.6 Å². The minimum atomic E-state index is -0.701. The van der Waals surface area contributed by atoms with Crippen LogP contribution >= 0.6 is 15.9 Å². The van der Waals surface area contributed by atoms with Gasteiger partial charge in [0.1, 0.15) is 22.7 Å². The first-order valence-electron chi connectivity index (χ1n) is 6.85. The Bertz CT molecular complexity index is 750. The van der Waals surface area contributed by atoms with E-state index in [1.807, 2.05) is 19.0 Å². The summed E-state index contributed by atoms with van der Waals surface area (Å²) in [6.45, 7) is 0.977. The topological polar surface area (TPSA) is 47.4 Å². The third kappa shape index (κ3) is 4.59. The molecule has 0 aliphatic heterocycles. The molecule has 0 aliphatic carbocycles. The zero-order valence-electron chi connectivity index (χ0n) is 12.7. The number of likely N-dealkylation sites (N-methyl/N-ethyl adjacent to an activating group) is 1. The maximum absolute atomic E-state index is 13.6. The second kappa shape index (κ2) is 7.65. The molecule has 0 N–H and O–H groups in total. The minimum absolute atomic E-state index is 0.131. The van der Waals surface area contributed by atoms with Crippen LogP contribution in [0.3, 0.4) is 0 Å². The third-order valence-corrected chi connectivity index (χ3v) is 3.84. The Balaban J connectivity index is 2.11. The molecular formula is C15H16BrF2N3O2. The molecule has 0 saturated carbocycles. The number of benzene rings is 1. The molecule has 23 heavy (non-hydrogen) atoms. The van der Waals surface area contributed by atoms with Crippen LogP contribution in [0.1, 0.15) is 5.56 Å². The summed E-state index contributed by atoms with van der Waals surface area (Å²) in [6, 6.07) is 3.23. The lowest BCUT2D eigenvalue weighted by molar-refractivity contribution is 0.292. The van der Waals surface area contributed by atoms with Crippen molar-refractivity contribution >= 4 is 15.9 Å². The molecular weight excluding hydrogens is 372 g/mol. The van der Waals surface area contributed by atoms with E-state index in [2.05, 4.69) is 21.0 Å². The highest BCUT2D eigenvalue weighted by atomic mass is 79.9. The summed E-state index contributed by atoms with van der Waals surface area (Å²) >= 11 is 3.18. The van der Waals surface area contributed by atoms with Crippen molar-refractivity contribution in [2.24, 2.45) is 0 Å². The lowest BCUT2D eigenvalue weighted by atomic mass is 10.2. The summed E-state index contributed by atoms with van der Waals surface area (Å²) in [6.07, 6.45) is 1.39. The van der Waals surface area contributed by atoms with Gasteiger partial charge in [0.25, 0.3) is 5.56 Å². The van der Waals surface area contributed by atoms with Crippen LogP contribution in [0.15, 0.2) is 33.7 Å². The average Bonchev–Trinajstić information content (AvgIpc) is 2.49. The van der Waals surface area contributed by atoms with Crippen LogP contribution in [-0.2, 0) is 13.2 Å². The summed E-state index contributed by atoms with van der Waals surface area (Å²) in [7, 11) is 3.80. The molecule has 8 heteroatoms. The summed E-state index contributed by atoms with van der Waals surface area (Å²) < 4.78 is 33.4.